The lowest BCUT2D eigenvalue weighted by atomic mass is 10.2. The molecule has 0 fully saturated rings. The van der Waals surface area contributed by atoms with E-state index in [0.29, 0.717) is 6.54 Å². The van der Waals surface area contributed by atoms with E-state index in [2.05, 4.69) is 15.4 Å². The van der Waals surface area contributed by atoms with E-state index in [1.54, 1.807) is 0 Å². The summed E-state index contributed by atoms with van der Waals surface area (Å²) in [5.74, 6) is 0.987. The number of nitrogens with two attached hydrogens (primary N) is 1. The quantitative estimate of drug-likeness (QED) is 0.809. The van der Waals surface area contributed by atoms with Crippen LogP contribution in [0.2, 0.25) is 0 Å². The van der Waals surface area contributed by atoms with Crippen LogP contribution >= 0.6 is 0 Å². The van der Waals surface area contributed by atoms with Crippen molar-refractivity contribution in [2.75, 3.05) is 18.4 Å². The molecule has 0 spiro atoms. The Hall–Kier alpha value is -1.62. The summed E-state index contributed by atoms with van der Waals surface area (Å²) in [5, 5.41) is 7.71. The summed E-state index contributed by atoms with van der Waals surface area (Å²) in [6, 6.07) is 1.97. The van der Waals surface area contributed by atoms with Crippen molar-refractivity contribution in [1.29, 1.82) is 0 Å². The molecule has 0 amide bonds. The van der Waals surface area contributed by atoms with E-state index < -0.39 is 0 Å². The molecule has 0 aliphatic carbocycles. The van der Waals surface area contributed by atoms with Gasteiger partial charge in [0.25, 0.3) is 0 Å². The van der Waals surface area contributed by atoms with Gasteiger partial charge < -0.3 is 11.1 Å². The third-order valence-electron chi connectivity index (χ3n) is 2.64. The second kappa shape index (κ2) is 4.09. The van der Waals surface area contributed by atoms with Gasteiger partial charge in [0.05, 0.1) is 5.69 Å². The first-order valence-corrected chi connectivity index (χ1v) is 5.41. The highest BCUT2D eigenvalue weighted by molar-refractivity contribution is 5.55. The van der Waals surface area contributed by atoms with E-state index >= 15 is 0 Å². The molecule has 86 valence electrons. The Bertz CT molecular complexity index is 515. The van der Waals surface area contributed by atoms with Crippen molar-refractivity contribution in [3.63, 3.8) is 0 Å². The summed E-state index contributed by atoms with van der Waals surface area (Å²) in [6.45, 7) is 7.34. The molecule has 5 nitrogen and oxygen atoms in total. The number of hydrogen-bond donors (Lipinski definition) is 2. The molecule has 0 saturated carbocycles. The summed E-state index contributed by atoms with van der Waals surface area (Å²) in [6.07, 6.45) is 0. The maximum atomic E-state index is 5.51. The molecule has 0 aliphatic rings. The zero-order valence-corrected chi connectivity index (χ0v) is 9.91. The Morgan fingerprint density at radius 3 is 2.81 bits per heavy atom. The van der Waals surface area contributed by atoms with E-state index in [1.165, 1.54) is 0 Å². The zero-order valence-electron chi connectivity index (χ0n) is 9.91. The summed E-state index contributed by atoms with van der Waals surface area (Å²) in [7, 11) is 0. The van der Waals surface area contributed by atoms with Crippen LogP contribution in [0.3, 0.4) is 0 Å². The van der Waals surface area contributed by atoms with Crippen LogP contribution in [0, 0.1) is 20.8 Å². The maximum absolute atomic E-state index is 5.51. The number of aromatic nitrogens is 3. The molecule has 5 heteroatoms. The van der Waals surface area contributed by atoms with Gasteiger partial charge >= 0.3 is 0 Å². The third kappa shape index (κ3) is 1.74. The Morgan fingerprint density at radius 1 is 1.38 bits per heavy atom. The lowest BCUT2D eigenvalue weighted by Crippen LogP contribution is -2.17. The van der Waals surface area contributed by atoms with Crippen molar-refractivity contribution in [3.8, 4) is 0 Å². The van der Waals surface area contributed by atoms with Crippen molar-refractivity contribution in [2.24, 2.45) is 5.73 Å². The topological polar surface area (TPSA) is 68.2 Å². The van der Waals surface area contributed by atoms with Crippen LogP contribution in [0.15, 0.2) is 6.07 Å². The summed E-state index contributed by atoms with van der Waals surface area (Å²) < 4.78 is 1.84. The molecule has 0 radical (unpaired) electrons. The Morgan fingerprint density at radius 2 is 2.12 bits per heavy atom. The van der Waals surface area contributed by atoms with E-state index in [0.717, 1.165) is 35.0 Å². The van der Waals surface area contributed by atoms with Gasteiger partial charge in [0.1, 0.15) is 5.82 Å². The predicted molar refractivity (Wildman–Crippen MR) is 64.7 cm³/mol. The third-order valence-corrected chi connectivity index (χ3v) is 2.64. The minimum atomic E-state index is 0.600. The predicted octanol–water partition coefficient (Wildman–Crippen LogP) is 1.03. The number of hydrogen-bond acceptors (Lipinski definition) is 4. The fourth-order valence-electron chi connectivity index (χ4n) is 1.71. The Kier molecular flexibility index (Phi) is 2.78. The number of rotatable bonds is 3. The summed E-state index contributed by atoms with van der Waals surface area (Å²) in [5.41, 5.74) is 9.48. The number of nitrogens with one attached hydrogen (secondary N) is 1. The monoisotopic (exact) mass is 219 g/mol. The van der Waals surface area contributed by atoms with E-state index in [1.807, 2.05) is 31.4 Å². The first kappa shape index (κ1) is 10.9. The highest BCUT2D eigenvalue weighted by Gasteiger charge is 2.10. The molecule has 2 rings (SSSR count). The van der Waals surface area contributed by atoms with E-state index in [-0.39, 0.29) is 0 Å². The highest BCUT2D eigenvalue weighted by atomic mass is 15.3. The van der Waals surface area contributed by atoms with Crippen LogP contribution in [0.5, 0.6) is 0 Å². The number of aryl methyl sites for hydroxylation is 2. The number of anilines is 1. The zero-order chi connectivity index (χ0) is 11.7. The number of fused-ring (bicyclic) bond motifs is 1. The summed E-state index contributed by atoms with van der Waals surface area (Å²) >= 11 is 0. The second-order valence-corrected chi connectivity index (χ2v) is 3.94. The minimum absolute atomic E-state index is 0.600. The molecule has 2 heterocycles. The van der Waals surface area contributed by atoms with Gasteiger partial charge in [0, 0.05) is 30.4 Å². The molecule has 0 aromatic carbocycles. The minimum Gasteiger partial charge on any atom is -0.368 e. The van der Waals surface area contributed by atoms with Crippen LogP contribution in [-0.4, -0.2) is 27.7 Å². The second-order valence-electron chi connectivity index (χ2n) is 3.94. The van der Waals surface area contributed by atoms with Gasteiger partial charge in [-0.3, -0.25) is 0 Å². The normalized spacial score (nSPS) is 11.0. The molecule has 3 N–H and O–H groups in total. The molecule has 2 aromatic heterocycles. The van der Waals surface area contributed by atoms with Gasteiger partial charge in [-0.2, -0.15) is 9.61 Å². The first-order valence-electron chi connectivity index (χ1n) is 5.41. The molecular formula is C11H17N5. The fourth-order valence-corrected chi connectivity index (χ4v) is 1.71. The largest absolute Gasteiger partial charge is 0.368 e. The molecule has 0 aliphatic heterocycles. The highest BCUT2D eigenvalue weighted by Crippen LogP contribution is 2.19. The van der Waals surface area contributed by atoms with Gasteiger partial charge in [-0.25, -0.2) is 4.98 Å². The van der Waals surface area contributed by atoms with Gasteiger partial charge in [0.15, 0.2) is 5.65 Å². The number of nitrogens with zero attached hydrogens (tertiary/aromatic N) is 3. The molecule has 0 atom stereocenters. The van der Waals surface area contributed by atoms with Crippen molar-refractivity contribution in [3.05, 3.63) is 23.0 Å². The molecule has 0 bridgehead atoms. The lowest BCUT2D eigenvalue weighted by Gasteiger charge is -2.12. The SMILES string of the molecule is Cc1cc2nc(C)c(C)c(NCCN)n2n1. The molecule has 0 unspecified atom stereocenters. The maximum Gasteiger partial charge on any atom is 0.157 e. The standard InChI is InChI=1S/C11H17N5/c1-7-6-10-14-9(3)8(2)11(13-5-4-12)16(10)15-7/h6,13H,4-5,12H2,1-3H3. The van der Waals surface area contributed by atoms with E-state index in [4.69, 9.17) is 5.73 Å². The molecule has 2 aromatic rings. The first-order chi connectivity index (χ1) is 7.63. The van der Waals surface area contributed by atoms with Gasteiger partial charge in [-0.05, 0) is 20.8 Å². The lowest BCUT2D eigenvalue weighted by molar-refractivity contribution is 0.883. The van der Waals surface area contributed by atoms with Crippen molar-refractivity contribution >= 4 is 11.5 Å². The van der Waals surface area contributed by atoms with Crippen molar-refractivity contribution in [1.82, 2.24) is 14.6 Å². The van der Waals surface area contributed by atoms with Crippen LogP contribution in [-0.2, 0) is 0 Å². The van der Waals surface area contributed by atoms with Crippen molar-refractivity contribution in [2.45, 2.75) is 20.8 Å². The van der Waals surface area contributed by atoms with Gasteiger partial charge in [0.2, 0.25) is 0 Å². The molecule has 0 saturated heterocycles. The fraction of sp³-hybridized carbons (Fsp3) is 0.455. The average Bonchev–Trinajstić information content (AvgIpc) is 2.59. The van der Waals surface area contributed by atoms with E-state index in [9.17, 15) is 0 Å². The van der Waals surface area contributed by atoms with Crippen molar-refractivity contribution < 1.29 is 0 Å². The van der Waals surface area contributed by atoms with Gasteiger partial charge in [-0.15, -0.1) is 0 Å². The Balaban J connectivity index is 2.61. The smallest absolute Gasteiger partial charge is 0.157 e. The average molecular weight is 219 g/mol. The van der Waals surface area contributed by atoms with Crippen LogP contribution in [0.25, 0.3) is 5.65 Å². The summed E-state index contributed by atoms with van der Waals surface area (Å²) in [4.78, 5) is 4.49. The van der Waals surface area contributed by atoms with Gasteiger partial charge in [-0.1, -0.05) is 0 Å². The molecular weight excluding hydrogens is 202 g/mol. The van der Waals surface area contributed by atoms with Crippen LogP contribution in [0.4, 0.5) is 5.82 Å². The molecule has 16 heavy (non-hydrogen) atoms. The van der Waals surface area contributed by atoms with Crippen LogP contribution < -0.4 is 11.1 Å². The van der Waals surface area contributed by atoms with Crippen LogP contribution in [0.1, 0.15) is 17.0 Å². The Labute approximate surface area is 94.7 Å².